The van der Waals surface area contributed by atoms with Gasteiger partial charge in [0.25, 0.3) is 5.91 Å². The van der Waals surface area contributed by atoms with Crippen molar-refractivity contribution >= 4 is 11.9 Å². The minimum atomic E-state index is -0.616. The van der Waals surface area contributed by atoms with E-state index in [0.717, 1.165) is 16.9 Å². The molecule has 0 aliphatic heterocycles. The van der Waals surface area contributed by atoms with Gasteiger partial charge in [-0.3, -0.25) is 4.79 Å². The summed E-state index contributed by atoms with van der Waals surface area (Å²) in [5, 5.41) is 2.70. The number of nitrogens with one attached hydrogen (secondary N) is 1. The lowest BCUT2D eigenvalue weighted by molar-refractivity contribution is -0.124. The first-order chi connectivity index (χ1) is 12.5. The summed E-state index contributed by atoms with van der Waals surface area (Å²) >= 11 is 0. The molecule has 1 amide bonds. The van der Waals surface area contributed by atoms with Crippen LogP contribution in [0.5, 0.6) is 5.75 Å². The molecule has 0 aliphatic rings. The van der Waals surface area contributed by atoms with Crippen LogP contribution in [-0.2, 0) is 9.53 Å². The van der Waals surface area contributed by atoms with Crippen LogP contribution in [0.15, 0.2) is 36.5 Å². The third kappa shape index (κ3) is 5.88. The van der Waals surface area contributed by atoms with E-state index in [1.165, 1.54) is 17.8 Å². The van der Waals surface area contributed by atoms with Crippen molar-refractivity contribution in [1.82, 2.24) is 10.3 Å². The molecule has 2 rings (SSSR count). The van der Waals surface area contributed by atoms with E-state index in [0.29, 0.717) is 19.6 Å². The smallest absolute Gasteiger partial charge is 0.357 e. The highest BCUT2D eigenvalue weighted by Gasteiger charge is 2.10. The van der Waals surface area contributed by atoms with Gasteiger partial charge in [0.2, 0.25) is 0 Å². The number of aromatic nitrogens is 1. The number of pyridine rings is 1. The molecule has 1 heterocycles. The number of carbonyl (C=O) groups excluding carboxylic acids is 2. The van der Waals surface area contributed by atoms with Crippen molar-refractivity contribution in [3.63, 3.8) is 0 Å². The molecule has 6 nitrogen and oxygen atoms in total. The topological polar surface area (TPSA) is 77.5 Å². The zero-order valence-corrected chi connectivity index (χ0v) is 15.4. The second-order valence-electron chi connectivity index (χ2n) is 6.05. The molecule has 1 aromatic heterocycles. The number of carbonyl (C=O) groups is 2. The van der Waals surface area contributed by atoms with Gasteiger partial charge in [0, 0.05) is 12.7 Å². The van der Waals surface area contributed by atoms with Crippen LogP contribution in [0.4, 0.5) is 0 Å². The summed E-state index contributed by atoms with van der Waals surface area (Å²) in [6.45, 7) is 6.74. The molecule has 6 heteroatoms. The van der Waals surface area contributed by atoms with Crippen LogP contribution in [0.2, 0.25) is 0 Å². The Morgan fingerprint density at radius 3 is 2.69 bits per heavy atom. The molecule has 1 N–H and O–H groups in total. The normalized spacial score (nSPS) is 10.3. The van der Waals surface area contributed by atoms with Gasteiger partial charge in [-0.1, -0.05) is 12.1 Å². The van der Waals surface area contributed by atoms with Crippen molar-refractivity contribution in [3.8, 4) is 5.75 Å². The maximum absolute atomic E-state index is 11.7. The molecule has 0 bridgehead atoms. The Hall–Kier alpha value is -2.89. The summed E-state index contributed by atoms with van der Waals surface area (Å²) in [7, 11) is 0. The van der Waals surface area contributed by atoms with Gasteiger partial charge < -0.3 is 14.8 Å². The van der Waals surface area contributed by atoms with Crippen LogP contribution >= 0.6 is 0 Å². The van der Waals surface area contributed by atoms with E-state index in [1.54, 1.807) is 12.1 Å². The Labute approximate surface area is 153 Å². The second kappa shape index (κ2) is 9.56. The Bertz CT molecular complexity index is 760. The highest BCUT2D eigenvalue weighted by molar-refractivity contribution is 5.89. The zero-order chi connectivity index (χ0) is 18.9. The lowest BCUT2D eigenvalue weighted by atomic mass is 10.1. The first kappa shape index (κ1) is 19.4. The molecular weight excluding hydrogens is 332 g/mol. The quantitative estimate of drug-likeness (QED) is 0.581. The Kier molecular flexibility index (Phi) is 7.14. The third-order valence-corrected chi connectivity index (χ3v) is 3.87. The van der Waals surface area contributed by atoms with Crippen LogP contribution in [0.3, 0.4) is 0 Å². The van der Waals surface area contributed by atoms with Crippen molar-refractivity contribution in [3.05, 3.63) is 58.9 Å². The monoisotopic (exact) mass is 356 g/mol. The van der Waals surface area contributed by atoms with Gasteiger partial charge in [0.05, 0.1) is 6.61 Å². The average molecular weight is 356 g/mol. The summed E-state index contributed by atoms with van der Waals surface area (Å²) in [5.74, 6) is -0.0932. The minimum Gasteiger partial charge on any atom is -0.493 e. The molecule has 0 saturated heterocycles. The van der Waals surface area contributed by atoms with Crippen LogP contribution in [0.25, 0.3) is 0 Å². The predicted octanol–water partition coefficient (Wildman–Crippen LogP) is 2.75. The lowest BCUT2D eigenvalue weighted by Crippen LogP contribution is -2.30. The van der Waals surface area contributed by atoms with Gasteiger partial charge in [-0.2, -0.15) is 0 Å². The third-order valence-electron chi connectivity index (χ3n) is 3.87. The summed E-state index contributed by atoms with van der Waals surface area (Å²) < 4.78 is 10.7. The number of amides is 1. The molecule has 0 fully saturated rings. The molecule has 0 radical (unpaired) electrons. The number of nitrogens with zero attached hydrogens (tertiary/aromatic N) is 1. The van der Waals surface area contributed by atoms with Crippen molar-refractivity contribution in [2.75, 3.05) is 19.8 Å². The molecular formula is C20H24N2O4. The summed E-state index contributed by atoms with van der Waals surface area (Å²) in [5.41, 5.74) is 3.66. The Morgan fingerprint density at radius 2 is 1.96 bits per heavy atom. The molecule has 26 heavy (non-hydrogen) atoms. The van der Waals surface area contributed by atoms with Crippen LogP contribution < -0.4 is 10.1 Å². The second-order valence-corrected chi connectivity index (χ2v) is 6.05. The fourth-order valence-corrected chi connectivity index (χ4v) is 2.37. The first-order valence-corrected chi connectivity index (χ1v) is 8.53. The van der Waals surface area contributed by atoms with Crippen LogP contribution in [0, 0.1) is 20.8 Å². The highest BCUT2D eigenvalue weighted by Crippen LogP contribution is 2.23. The molecule has 0 aliphatic carbocycles. The molecule has 0 atom stereocenters. The fourth-order valence-electron chi connectivity index (χ4n) is 2.37. The average Bonchev–Trinajstić information content (AvgIpc) is 2.63. The summed E-state index contributed by atoms with van der Waals surface area (Å²) in [6, 6.07) is 9.05. The molecule has 1 aromatic carbocycles. The van der Waals surface area contributed by atoms with Gasteiger partial charge in [0.15, 0.2) is 6.61 Å². The van der Waals surface area contributed by atoms with Crippen molar-refractivity contribution in [1.29, 1.82) is 0 Å². The Balaban J connectivity index is 1.64. The zero-order valence-electron chi connectivity index (χ0n) is 15.4. The maximum atomic E-state index is 11.7. The maximum Gasteiger partial charge on any atom is 0.357 e. The van der Waals surface area contributed by atoms with Gasteiger partial charge in [-0.05, 0) is 62.1 Å². The number of ether oxygens (including phenoxy) is 2. The van der Waals surface area contributed by atoms with E-state index in [-0.39, 0.29) is 18.2 Å². The Morgan fingerprint density at radius 1 is 1.15 bits per heavy atom. The number of benzene rings is 1. The van der Waals surface area contributed by atoms with Crippen LogP contribution in [0.1, 0.15) is 33.6 Å². The van der Waals surface area contributed by atoms with E-state index in [2.05, 4.69) is 23.3 Å². The first-order valence-electron chi connectivity index (χ1n) is 8.53. The summed E-state index contributed by atoms with van der Waals surface area (Å²) in [6.07, 6.45) is 2.15. The van der Waals surface area contributed by atoms with Crippen molar-refractivity contribution < 1.29 is 19.1 Å². The summed E-state index contributed by atoms with van der Waals surface area (Å²) in [4.78, 5) is 27.3. The lowest BCUT2D eigenvalue weighted by Gasteiger charge is -2.12. The van der Waals surface area contributed by atoms with E-state index in [4.69, 9.17) is 9.47 Å². The number of aryl methyl sites for hydroxylation is 2. The minimum absolute atomic E-state index is 0.178. The predicted molar refractivity (Wildman–Crippen MR) is 98.3 cm³/mol. The number of rotatable bonds is 8. The van der Waals surface area contributed by atoms with Gasteiger partial charge in [-0.25, -0.2) is 9.78 Å². The van der Waals surface area contributed by atoms with Crippen LogP contribution in [-0.4, -0.2) is 36.6 Å². The van der Waals surface area contributed by atoms with Gasteiger partial charge in [0.1, 0.15) is 11.4 Å². The molecule has 0 saturated carbocycles. The number of esters is 1. The van der Waals surface area contributed by atoms with E-state index in [1.807, 2.05) is 19.9 Å². The standard InChI is InChI=1S/C20H24N2O4/c1-14-11-15(2)16(3)18(12-14)25-10-6-9-22-19(23)13-26-20(24)17-7-4-5-8-21-17/h4-5,7-8,11-12H,6,9-10,13H2,1-3H3,(H,22,23). The number of hydrogen-bond donors (Lipinski definition) is 1. The molecule has 2 aromatic rings. The van der Waals surface area contributed by atoms with Crippen molar-refractivity contribution in [2.45, 2.75) is 27.2 Å². The number of hydrogen-bond acceptors (Lipinski definition) is 5. The highest BCUT2D eigenvalue weighted by atomic mass is 16.5. The van der Waals surface area contributed by atoms with Crippen molar-refractivity contribution in [2.24, 2.45) is 0 Å². The van der Waals surface area contributed by atoms with E-state index >= 15 is 0 Å². The van der Waals surface area contributed by atoms with Gasteiger partial charge in [-0.15, -0.1) is 0 Å². The van der Waals surface area contributed by atoms with E-state index < -0.39 is 5.97 Å². The molecule has 0 spiro atoms. The van der Waals surface area contributed by atoms with Gasteiger partial charge >= 0.3 is 5.97 Å². The molecule has 138 valence electrons. The SMILES string of the molecule is Cc1cc(C)c(C)c(OCCCNC(=O)COC(=O)c2ccccn2)c1. The van der Waals surface area contributed by atoms with E-state index in [9.17, 15) is 9.59 Å². The largest absolute Gasteiger partial charge is 0.493 e. The molecule has 0 unspecified atom stereocenters. The fraction of sp³-hybridized carbons (Fsp3) is 0.350.